The molecule has 3 aromatic carbocycles. The maximum Gasteiger partial charge on any atom is 0.348 e. The van der Waals surface area contributed by atoms with Gasteiger partial charge in [-0.05, 0) is 50.2 Å². The molecule has 21 nitrogen and oxygen atoms in total. The van der Waals surface area contributed by atoms with Crippen molar-refractivity contribution in [3.63, 3.8) is 0 Å². The van der Waals surface area contributed by atoms with Crippen LogP contribution in [0.2, 0.25) is 0 Å². The first-order valence-electron chi connectivity index (χ1n) is 14.8. The summed E-state index contributed by atoms with van der Waals surface area (Å²) in [7, 11) is 0. The van der Waals surface area contributed by atoms with Crippen LogP contribution < -0.4 is 0 Å². The average Bonchev–Trinajstić information content (AvgIpc) is 3.83. The predicted molar refractivity (Wildman–Crippen MR) is 194 cm³/mol. The largest absolute Gasteiger partial charge is 0.504 e. The highest BCUT2D eigenvalue weighted by molar-refractivity contribution is 7.22. The van der Waals surface area contributed by atoms with Gasteiger partial charge in [-0.3, -0.25) is 30.3 Å². The number of aromatic carboxylic acids is 1. The molecule has 6 rings (SSSR count). The lowest BCUT2D eigenvalue weighted by atomic mass is 10.2. The maximum absolute atomic E-state index is 11.6. The lowest BCUT2D eigenvalue weighted by molar-refractivity contribution is -0.384. The van der Waals surface area contributed by atoms with Gasteiger partial charge in [-0.15, -0.1) is 34.0 Å². The molecule has 3 heterocycles. The van der Waals surface area contributed by atoms with Crippen molar-refractivity contribution in [1.29, 1.82) is 0 Å². The van der Waals surface area contributed by atoms with Crippen molar-refractivity contribution in [3.05, 3.63) is 81.4 Å². The Morgan fingerprint density at radius 2 is 0.818 bits per heavy atom. The number of rotatable bonds is 8. The van der Waals surface area contributed by atoms with E-state index in [2.05, 4.69) is 0 Å². The van der Waals surface area contributed by atoms with Gasteiger partial charge in [0.1, 0.15) is 28.7 Å². The Bertz CT molecular complexity index is 2440. The molecule has 7 N–H and O–H groups in total. The van der Waals surface area contributed by atoms with Crippen LogP contribution in [-0.2, 0) is 9.47 Å². The molecular formula is C31H23N3O18S3. The molecule has 0 saturated heterocycles. The summed E-state index contributed by atoms with van der Waals surface area (Å²) in [6.07, 6.45) is 0. The lowest BCUT2D eigenvalue weighted by Crippen LogP contribution is -2.01. The standard InChI is InChI=1S/2C11H9NO6S.C9H5NO6S/c2*1-2-18-11(15)7-4-5-3-6(13)9(14)8(12(16)17)10(5)19-7;11-4-1-3-2-5(9(13)14)17-8(3)6(7(4)12)10(15)16/h2*3-4,13-14H,2H2,1H3;1-2,11-12H,(H,13,14). The van der Waals surface area contributed by atoms with E-state index >= 15 is 0 Å². The molecule has 0 aliphatic rings. The number of thiophene rings is 3. The Hall–Kier alpha value is -7.05. The summed E-state index contributed by atoms with van der Waals surface area (Å²) in [5, 5.41) is 98.7. The molecule has 0 amide bonds. The first-order chi connectivity index (χ1) is 25.8. The number of nitro groups is 3. The number of hydrogen-bond donors (Lipinski definition) is 7. The van der Waals surface area contributed by atoms with Gasteiger partial charge in [-0.2, -0.15) is 0 Å². The van der Waals surface area contributed by atoms with Crippen LogP contribution in [0.15, 0.2) is 36.4 Å². The van der Waals surface area contributed by atoms with Crippen molar-refractivity contribution in [2.24, 2.45) is 0 Å². The van der Waals surface area contributed by atoms with Crippen LogP contribution in [-0.4, -0.2) is 81.6 Å². The summed E-state index contributed by atoms with van der Waals surface area (Å²) in [5.41, 5.74) is -1.91. The molecule has 6 aromatic rings. The fourth-order valence-corrected chi connectivity index (χ4v) is 7.74. The van der Waals surface area contributed by atoms with Gasteiger partial charge in [-0.1, -0.05) is 0 Å². The number of nitro benzene ring substituents is 3. The minimum Gasteiger partial charge on any atom is -0.504 e. The number of aromatic hydroxyl groups is 6. The van der Waals surface area contributed by atoms with Crippen LogP contribution >= 0.6 is 34.0 Å². The quantitative estimate of drug-likeness (QED) is 0.0362. The topological polar surface area (TPSA) is 341 Å². The smallest absolute Gasteiger partial charge is 0.348 e. The third-order valence-corrected chi connectivity index (χ3v) is 10.3. The van der Waals surface area contributed by atoms with E-state index in [1.54, 1.807) is 13.8 Å². The first-order valence-corrected chi connectivity index (χ1v) is 17.2. The van der Waals surface area contributed by atoms with Crippen molar-refractivity contribution in [2.75, 3.05) is 13.2 Å². The SMILES string of the molecule is CCOC(=O)c1cc2cc(O)c(O)c([N+](=O)[O-])c2s1.CCOC(=O)c1cc2cc(O)c(O)c([N+](=O)[O-])c2s1.O=C(O)c1cc2cc(O)c(O)c([N+](=O)[O-])c2s1. The van der Waals surface area contributed by atoms with Crippen LogP contribution in [0.4, 0.5) is 17.1 Å². The molecule has 0 radical (unpaired) electrons. The zero-order valence-electron chi connectivity index (χ0n) is 27.6. The third kappa shape index (κ3) is 8.29. The number of fused-ring (bicyclic) bond motifs is 3. The molecule has 3 aromatic heterocycles. The van der Waals surface area contributed by atoms with E-state index in [0.29, 0.717) is 22.1 Å². The van der Waals surface area contributed by atoms with E-state index in [9.17, 15) is 75.4 Å². The Morgan fingerprint density at radius 3 is 1.07 bits per heavy atom. The second-order valence-electron chi connectivity index (χ2n) is 10.4. The summed E-state index contributed by atoms with van der Waals surface area (Å²) in [5.74, 6) is -6.77. The predicted octanol–water partition coefficient (Wildman–Crippen LogP) is 6.71. The number of ether oxygens (including phenoxy) is 2. The monoisotopic (exact) mass is 821 g/mol. The number of benzene rings is 3. The number of carbonyl (C=O) groups is 3. The average molecular weight is 822 g/mol. The van der Waals surface area contributed by atoms with Crippen LogP contribution in [0.25, 0.3) is 30.3 Å². The summed E-state index contributed by atoms with van der Waals surface area (Å²) < 4.78 is 9.83. The highest BCUT2D eigenvalue weighted by Crippen LogP contribution is 2.47. The van der Waals surface area contributed by atoms with E-state index in [1.165, 1.54) is 18.2 Å². The van der Waals surface area contributed by atoms with Gasteiger partial charge in [0.15, 0.2) is 17.2 Å². The van der Waals surface area contributed by atoms with Crippen LogP contribution in [0.1, 0.15) is 42.9 Å². The van der Waals surface area contributed by atoms with E-state index in [1.807, 2.05) is 0 Å². The minimum atomic E-state index is -1.22. The number of hydrogen-bond acceptors (Lipinski definition) is 20. The number of nitrogens with zero attached hydrogens (tertiary/aromatic N) is 3. The number of carbonyl (C=O) groups excluding carboxylic acids is 2. The molecular weight excluding hydrogens is 799 g/mol. The zero-order valence-corrected chi connectivity index (χ0v) is 30.0. The number of phenols is 6. The fraction of sp³-hybridized carbons (Fsp3) is 0.129. The summed E-state index contributed by atoms with van der Waals surface area (Å²) >= 11 is 2.34. The molecule has 0 aliphatic heterocycles. The molecule has 55 heavy (non-hydrogen) atoms. The second-order valence-corrected chi connectivity index (χ2v) is 13.5. The van der Waals surface area contributed by atoms with E-state index in [0.717, 1.165) is 40.9 Å². The van der Waals surface area contributed by atoms with Gasteiger partial charge >= 0.3 is 35.0 Å². The highest BCUT2D eigenvalue weighted by Gasteiger charge is 2.28. The van der Waals surface area contributed by atoms with Crippen LogP contribution in [0.5, 0.6) is 34.5 Å². The van der Waals surface area contributed by atoms with Crippen molar-refractivity contribution >= 4 is 99.2 Å². The molecule has 0 atom stereocenters. The van der Waals surface area contributed by atoms with Gasteiger partial charge in [0.2, 0.25) is 17.2 Å². The minimum absolute atomic E-state index is 0.0164. The fourth-order valence-electron chi connectivity index (χ4n) is 4.64. The van der Waals surface area contributed by atoms with Gasteiger partial charge < -0.3 is 45.2 Å². The molecule has 0 aliphatic carbocycles. The Labute approximate surface area is 315 Å². The molecule has 0 fully saturated rings. The van der Waals surface area contributed by atoms with Crippen molar-refractivity contribution in [2.45, 2.75) is 13.8 Å². The van der Waals surface area contributed by atoms with Crippen molar-refractivity contribution < 1.29 is 74.4 Å². The molecule has 288 valence electrons. The number of carboxylic acids is 1. The number of esters is 2. The molecule has 0 unspecified atom stereocenters. The highest BCUT2D eigenvalue weighted by atomic mass is 32.1. The Kier molecular flexibility index (Phi) is 12.1. The first kappa shape index (κ1) is 40.7. The van der Waals surface area contributed by atoms with Gasteiger partial charge in [0.05, 0.1) is 28.0 Å². The molecule has 24 heteroatoms. The Balaban J connectivity index is 0.000000184. The maximum atomic E-state index is 11.6. The Morgan fingerprint density at radius 1 is 0.545 bits per heavy atom. The van der Waals surface area contributed by atoms with E-state index in [-0.39, 0.29) is 47.3 Å². The molecule has 0 bridgehead atoms. The number of carboxylic acid groups (broad SMARTS) is 1. The van der Waals surface area contributed by atoms with Gasteiger partial charge in [0, 0.05) is 16.2 Å². The van der Waals surface area contributed by atoms with Crippen molar-refractivity contribution in [1.82, 2.24) is 0 Å². The summed E-state index contributed by atoms with van der Waals surface area (Å²) in [6, 6.07) is 7.37. The lowest BCUT2D eigenvalue weighted by Gasteiger charge is -1.99. The van der Waals surface area contributed by atoms with Crippen molar-refractivity contribution in [3.8, 4) is 34.5 Å². The molecule has 0 saturated carbocycles. The van der Waals surface area contributed by atoms with E-state index in [4.69, 9.17) is 14.6 Å². The van der Waals surface area contributed by atoms with Crippen LogP contribution in [0.3, 0.4) is 0 Å². The normalized spacial score (nSPS) is 10.6. The van der Waals surface area contributed by atoms with Gasteiger partial charge in [-0.25, -0.2) is 14.4 Å². The summed E-state index contributed by atoms with van der Waals surface area (Å²) in [6.45, 7) is 3.66. The van der Waals surface area contributed by atoms with E-state index < -0.39 is 84.2 Å². The number of phenolic OH excluding ortho intramolecular Hbond substituents is 6. The zero-order chi connectivity index (χ0) is 41.0. The second kappa shape index (κ2) is 16.3. The van der Waals surface area contributed by atoms with Crippen LogP contribution in [0, 0.1) is 30.3 Å². The molecule has 0 spiro atoms. The van der Waals surface area contributed by atoms with Gasteiger partial charge in [0.25, 0.3) is 0 Å². The third-order valence-electron chi connectivity index (χ3n) is 6.92. The summed E-state index contributed by atoms with van der Waals surface area (Å²) in [4.78, 5) is 64.2.